The van der Waals surface area contributed by atoms with E-state index in [1.54, 1.807) is 19.0 Å². The zero-order valence-corrected chi connectivity index (χ0v) is 14.0. The second-order valence-electron chi connectivity index (χ2n) is 6.43. The van der Waals surface area contributed by atoms with Crippen molar-refractivity contribution in [2.24, 2.45) is 0 Å². The molecule has 0 bridgehead atoms. The summed E-state index contributed by atoms with van der Waals surface area (Å²) in [6.45, 7) is 4.06. The fourth-order valence-corrected chi connectivity index (χ4v) is 2.87. The van der Waals surface area contributed by atoms with Crippen LogP contribution in [-0.2, 0) is 4.79 Å². The Morgan fingerprint density at radius 3 is 2.35 bits per heavy atom. The second-order valence-corrected chi connectivity index (χ2v) is 6.43. The van der Waals surface area contributed by atoms with Crippen LogP contribution >= 0.6 is 0 Å². The lowest BCUT2D eigenvalue weighted by molar-refractivity contribution is -0.130. The molecule has 0 saturated carbocycles. The van der Waals surface area contributed by atoms with Gasteiger partial charge in [-0.05, 0) is 37.5 Å². The number of hydrogen-bond donors (Lipinski definition) is 1. The molecule has 1 fully saturated rings. The average Bonchev–Trinajstić information content (AvgIpc) is 2.48. The molecule has 2 rings (SSSR count). The number of piperidine rings is 1. The Kier molecular flexibility index (Phi) is 6.07. The standard InChI is InChI=1S/C17H25F2N3O/c1-12(13-8-14(18)10-15(19)9-13)20-16-4-6-22(7-5-16)11-17(23)21(2)3/h8-10,12,16,20H,4-7,11H2,1-3H3/t12-/m1/s1. The van der Waals surface area contributed by atoms with E-state index in [2.05, 4.69) is 10.2 Å². The number of benzene rings is 1. The molecule has 1 aliphatic heterocycles. The van der Waals surface area contributed by atoms with Gasteiger partial charge < -0.3 is 10.2 Å². The van der Waals surface area contributed by atoms with Gasteiger partial charge in [0.2, 0.25) is 5.91 Å². The van der Waals surface area contributed by atoms with Crippen molar-refractivity contribution in [3.8, 4) is 0 Å². The Bertz CT molecular complexity index is 522. The van der Waals surface area contributed by atoms with Crippen LogP contribution in [0.3, 0.4) is 0 Å². The molecular formula is C17H25F2N3O. The number of halogens is 2. The van der Waals surface area contributed by atoms with Crippen molar-refractivity contribution < 1.29 is 13.6 Å². The molecule has 1 N–H and O–H groups in total. The summed E-state index contributed by atoms with van der Waals surface area (Å²) in [5.41, 5.74) is 0.618. The number of rotatable bonds is 5. The smallest absolute Gasteiger partial charge is 0.236 e. The number of carbonyl (C=O) groups is 1. The van der Waals surface area contributed by atoms with Gasteiger partial charge in [-0.15, -0.1) is 0 Å². The quantitative estimate of drug-likeness (QED) is 0.901. The number of amides is 1. The van der Waals surface area contributed by atoms with Gasteiger partial charge in [-0.1, -0.05) is 0 Å². The van der Waals surface area contributed by atoms with Gasteiger partial charge in [0.15, 0.2) is 0 Å². The Hall–Kier alpha value is -1.53. The minimum Gasteiger partial charge on any atom is -0.348 e. The summed E-state index contributed by atoms with van der Waals surface area (Å²) in [6, 6.07) is 3.80. The SMILES string of the molecule is C[C@@H](NC1CCN(CC(=O)N(C)C)CC1)c1cc(F)cc(F)c1. The highest BCUT2D eigenvalue weighted by Crippen LogP contribution is 2.19. The first-order valence-electron chi connectivity index (χ1n) is 7.99. The minimum atomic E-state index is -0.550. The number of carbonyl (C=O) groups excluding carboxylic acids is 1. The molecule has 0 radical (unpaired) electrons. The van der Waals surface area contributed by atoms with Crippen LogP contribution in [0.2, 0.25) is 0 Å². The predicted molar refractivity (Wildman–Crippen MR) is 86.1 cm³/mol. The van der Waals surface area contributed by atoms with E-state index in [4.69, 9.17) is 0 Å². The van der Waals surface area contributed by atoms with Crippen LogP contribution in [0.1, 0.15) is 31.4 Å². The van der Waals surface area contributed by atoms with Crippen molar-refractivity contribution >= 4 is 5.91 Å². The third-order valence-corrected chi connectivity index (χ3v) is 4.32. The molecule has 6 heteroatoms. The number of nitrogens with one attached hydrogen (secondary N) is 1. The molecule has 4 nitrogen and oxygen atoms in total. The normalized spacial score (nSPS) is 18.0. The molecule has 1 amide bonds. The zero-order valence-electron chi connectivity index (χ0n) is 14.0. The highest BCUT2D eigenvalue weighted by atomic mass is 19.1. The Labute approximate surface area is 136 Å². The monoisotopic (exact) mass is 325 g/mol. The first kappa shape index (κ1) is 17.8. The van der Waals surface area contributed by atoms with Crippen molar-refractivity contribution in [3.05, 3.63) is 35.4 Å². The molecule has 0 aliphatic carbocycles. The van der Waals surface area contributed by atoms with E-state index in [0.29, 0.717) is 18.2 Å². The van der Waals surface area contributed by atoms with Crippen molar-refractivity contribution in [2.75, 3.05) is 33.7 Å². The summed E-state index contributed by atoms with van der Waals surface area (Å²) in [6.07, 6.45) is 1.84. The first-order valence-corrected chi connectivity index (χ1v) is 7.99. The third kappa shape index (κ3) is 5.25. The molecule has 1 heterocycles. The maximum Gasteiger partial charge on any atom is 0.236 e. The van der Waals surface area contributed by atoms with Crippen LogP contribution in [-0.4, -0.2) is 55.5 Å². The topological polar surface area (TPSA) is 35.6 Å². The lowest BCUT2D eigenvalue weighted by Gasteiger charge is -2.34. The van der Waals surface area contributed by atoms with Crippen molar-refractivity contribution in [1.29, 1.82) is 0 Å². The summed E-state index contributed by atoms with van der Waals surface area (Å²) in [4.78, 5) is 15.5. The highest BCUT2D eigenvalue weighted by Gasteiger charge is 2.22. The van der Waals surface area contributed by atoms with Gasteiger partial charge >= 0.3 is 0 Å². The summed E-state index contributed by atoms with van der Waals surface area (Å²) in [5, 5.41) is 3.43. The predicted octanol–water partition coefficient (Wildman–Crippen LogP) is 2.17. The van der Waals surface area contributed by atoms with Gasteiger partial charge in [-0.3, -0.25) is 9.69 Å². The van der Waals surface area contributed by atoms with Crippen LogP contribution in [0, 0.1) is 11.6 Å². The first-order chi connectivity index (χ1) is 10.8. The van der Waals surface area contributed by atoms with Crippen LogP contribution < -0.4 is 5.32 Å². The van der Waals surface area contributed by atoms with E-state index in [9.17, 15) is 13.6 Å². The van der Waals surface area contributed by atoms with Crippen LogP contribution in [0.4, 0.5) is 8.78 Å². The van der Waals surface area contributed by atoms with E-state index in [0.717, 1.165) is 32.0 Å². The van der Waals surface area contributed by atoms with Crippen LogP contribution in [0.25, 0.3) is 0 Å². The molecule has 1 aliphatic rings. The van der Waals surface area contributed by atoms with Gasteiger partial charge in [-0.2, -0.15) is 0 Å². The second kappa shape index (κ2) is 7.84. The molecule has 23 heavy (non-hydrogen) atoms. The molecule has 1 atom stereocenters. The van der Waals surface area contributed by atoms with Crippen molar-refractivity contribution in [3.63, 3.8) is 0 Å². The molecule has 1 aromatic rings. The van der Waals surface area contributed by atoms with Crippen molar-refractivity contribution in [2.45, 2.75) is 31.8 Å². The largest absolute Gasteiger partial charge is 0.348 e. The third-order valence-electron chi connectivity index (χ3n) is 4.32. The number of nitrogens with zero attached hydrogens (tertiary/aromatic N) is 2. The maximum atomic E-state index is 13.3. The van der Waals surface area contributed by atoms with Crippen molar-refractivity contribution in [1.82, 2.24) is 15.1 Å². The van der Waals surface area contributed by atoms with Gasteiger partial charge in [0, 0.05) is 45.3 Å². The fraction of sp³-hybridized carbons (Fsp3) is 0.588. The number of likely N-dealkylation sites (tertiary alicyclic amines) is 1. The van der Waals surface area contributed by atoms with Gasteiger partial charge in [0.25, 0.3) is 0 Å². The summed E-state index contributed by atoms with van der Waals surface area (Å²) >= 11 is 0. The average molecular weight is 325 g/mol. The van der Waals surface area contributed by atoms with E-state index in [1.165, 1.54) is 12.1 Å². The molecule has 0 unspecified atom stereocenters. The molecule has 0 spiro atoms. The summed E-state index contributed by atoms with van der Waals surface area (Å²) in [7, 11) is 3.52. The molecule has 128 valence electrons. The summed E-state index contributed by atoms with van der Waals surface area (Å²) < 4.78 is 26.6. The fourth-order valence-electron chi connectivity index (χ4n) is 2.87. The molecule has 1 saturated heterocycles. The van der Waals surface area contributed by atoms with E-state index < -0.39 is 11.6 Å². The van der Waals surface area contributed by atoms with Crippen LogP contribution in [0.5, 0.6) is 0 Å². The minimum absolute atomic E-state index is 0.111. The summed E-state index contributed by atoms with van der Waals surface area (Å²) in [5.74, 6) is -0.989. The lowest BCUT2D eigenvalue weighted by Crippen LogP contribution is -2.46. The Balaban J connectivity index is 1.83. The Morgan fingerprint density at radius 2 is 1.83 bits per heavy atom. The maximum absolute atomic E-state index is 13.3. The molecule has 1 aromatic carbocycles. The highest BCUT2D eigenvalue weighted by molar-refractivity contribution is 5.77. The van der Waals surface area contributed by atoms with E-state index in [-0.39, 0.29) is 11.9 Å². The zero-order chi connectivity index (χ0) is 17.0. The Morgan fingerprint density at radius 1 is 1.26 bits per heavy atom. The number of hydrogen-bond acceptors (Lipinski definition) is 3. The molecule has 0 aromatic heterocycles. The van der Waals surface area contributed by atoms with Crippen LogP contribution in [0.15, 0.2) is 18.2 Å². The van der Waals surface area contributed by atoms with Gasteiger partial charge in [0.1, 0.15) is 11.6 Å². The van der Waals surface area contributed by atoms with E-state index in [1.807, 2.05) is 6.92 Å². The molecular weight excluding hydrogens is 300 g/mol. The lowest BCUT2D eigenvalue weighted by atomic mass is 10.0. The van der Waals surface area contributed by atoms with Gasteiger partial charge in [-0.25, -0.2) is 8.78 Å². The van der Waals surface area contributed by atoms with Gasteiger partial charge in [0.05, 0.1) is 6.54 Å². The number of likely N-dealkylation sites (N-methyl/N-ethyl adjacent to an activating group) is 1. The van der Waals surface area contributed by atoms with E-state index >= 15 is 0 Å².